The van der Waals surface area contributed by atoms with E-state index in [0.29, 0.717) is 17.2 Å². The summed E-state index contributed by atoms with van der Waals surface area (Å²) in [5, 5.41) is 3.86. The number of furan rings is 2. The van der Waals surface area contributed by atoms with Gasteiger partial charge in [0.1, 0.15) is 61.6 Å². The molecule has 10 radical (unpaired) electrons. The Morgan fingerprint density at radius 3 is 1.60 bits per heavy atom. The van der Waals surface area contributed by atoms with E-state index in [9.17, 15) is 0 Å². The number of nitrogens with zero attached hydrogens (tertiary/aromatic N) is 3. The van der Waals surface area contributed by atoms with E-state index in [-0.39, 0.29) is 38.7 Å². The summed E-state index contributed by atoms with van der Waals surface area (Å²) in [5.41, 5.74) is 9.64. The van der Waals surface area contributed by atoms with E-state index >= 15 is 0 Å². The number of fused-ring (bicyclic) bond motifs is 6. The first-order valence-corrected chi connectivity index (χ1v) is 17.6. The molecule has 3 heterocycles. The summed E-state index contributed by atoms with van der Waals surface area (Å²) in [6.07, 6.45) is 0. The van der Waals surface area contributed by atoms with Gasteiger partial charge < -0.3 is 8.83 Å². The molecule has 7 aromatic carbocycles. The quantitative estimate of drug-likeness (QED) is 0.208. The summed E-state index contributed by atoms with van der Waals surface area (Å²) >= 11 is 0. The fourth-order valence-corrected chi connectivity index (χ4v) is 7.37. The van der Waals surface area contributed by atoms with Crippen molar-refractivity contribution in [3.63, 3.8) is 0 Å². The van der Waals surface area contributed by atoms with E-state index in [1.807, 2.05) is 91.0 Å². The standard InChI is InChI=1S/C45H22B5N3O2/c46-38-37(39(47)41(49)42(50)40(38)48)45-52-43(25-15-13-24(14-16-25)23-7-2-1-3-8-23)51-44(53-45)29-10-6-12-35-36(29)31-22-27(18-20-34(31)55-35)26-17-19-33-30(21-26)28-9-4-5-11-32(28)54-33/h1-22H. The van der Waals surface area contributed by atoms with Crippen LogP contribution in [-0.4, -0.2) is 54.2 Å². The van der Waals surface area contributed by atoms with Crippen LogP contribution in [0.15, 0.2) is 142 Å². The Morgan fingerprint density at radius 2 is 0.855 bits per heavy atom. The number of aromatic nitrogens is 3. The van der Waals surface area contributed by atoms with E-state index < -0.39 is 0 Å². The van der Waals surface area contributed by atoms with Crippen molar-refractivity contribution in [3.05, 3.63) is 133 Å². The third kappa shape index (κ3) is 5.43. The molecule has 10 rings (SSSR count). The zero-order chi connectivity index (χ0) is 37.4. The molecule has 0 spiro atoms. The summed E-state index contributed by atoms with van der Waals surface area (Å²) in [6.45, 7) is 0. The van der Waals surface area contributed by atoms with E-state index in [2.05, 4.69) is 42.5 Å². The van der Waals surface area contributed by atoms with Gasteiger partial charge in [-0.05, 0) is 58.7 Å². The number of hydrogen-bond acceptors (Lipinski definition) is 5. The molecule has 5 nitrogen and oxygen atoms in total. The molecule has 10 heteroatoms. The molecule has 0 aliphatic rings. The van der Waals surface area contributed by atoms with Crippen molar-refractivity contribution < 1.29 is 8.83 Å². The Balaban J connectivity index is 1.18. The van der Waals surface area contributed by atoms with Gasteiger partial charge in [-0.3, -0.25) is 0 Å². The first-order chi connectivity index (χ1) is 26.8. The van der Waals surface area contributed by atoms with Crippen LogP contribution >= 0.6 is 0 Å². The lowest BCUT2D eigenvalue weighted by molar-refractivity contribution is 0.668. The molecule has 0 fully saturated rings. The number of benzene rings is 7. The number of para-hydroxylation sites is 1. The van der Waals surface area contributed by atoms with Gasteiger partial charge in [0.05, 0.1) is 0 Å². The van der Waals surface area contributed by atoms with E-state index in [1.54, 1.807) is 0 Å². The Kier molecular flexibility index (Phi) is 7.70. The van der Waals surface area contributed by atoms with Crippen LogP contribution in [0.2, 0.25) is 0 Å². The van der Waals surface area contributed by atoms with Gasteiger partial charge in [-0.1, -0.05) is 108 Å². The molecular weight excluding hydrogens is 669 g/mol. The Morgan fingerprint density at radius 1 is 0.345 bits per heavy atom. The monoisotopic (exact) mass is 691 g/mol. The van der Waals surface area contributed by atoms with Crippen molar-refractivity contribution in [2.75, 3.05) is 0 Å². The van der Waals surface area contributed by atoms with Gasteiger partial charge >= 0.3 is 0 Å². The Hall–Kier alpha value is -6.53. The van der Waals surface area contributed by atoms with Crippen LogP contribution in [0.4, 0.5) is 0 Å². The molecular formula is C45H22B5N3O2. The molecule has 0 aliphatic carbocycles. The minimum atomic E-state index is 0.106. The van der Waals surface area contributed by atoms with Crippen LogP contribution in [-0.2, 0) is 0 Å². The molecule has 0 aliphatic heterocycles. The van der Waals surface area contributed by atoms with Crippen molar-refractivity contribution in [3.8, 4) is 56.4 Å². The fraction of sp³-hybridized carbons (Fsp3) is 0. The minimum absolute atomic E-state index is 0.106. The second-order valence-corrected chi connectivity index (χ2v) is 13.5. The highest BCUT2D eigenvalue weighted by atomic mass is 16.3. The smallest absolute Gasteiger partial charge is 0.164 e. The summed E-state index contributed by atoms with van der Waals surface area (Å²) in [6, 6.07) is 44.5. The van der Waals surface area contributed by atoms with Gasteiger partial charge in [0.25, 0.3) is 0 Å². The van der Waals surface area contributed by atoms with Crippen LogP contribution in [0.3, 0.4) is 0 Å². The van der Waals surface area contributed by atoms with Gasteiger partial charge in [-0.25, -0.2) is 15.0 Å². The van der Waals surface area contributed by atoms with Crippen LogP contribution in [0, 0.1) is 0 Å². The van der Waals surface area contributed by atoms with Crippen molar-refractivity contribution in [1.82, 2.24) is 15.0 Å². The third-order valence-electron chi connectivity index (χ3n) is 10.3. The minimum Gasteiger partial charge on any atom is -0.456 e. The molecule has 0 bridgehead atoms. The maximum atomic E-state index is 6.56. The van der Waals surface area contributed by atoms with Crippen molar-refractivity contribution in [2.24, 2.45) is 0 Å². The largest absolute Gasteiger partial charge is 0.456 e. The van der Waals surface area contributed by atoms with Gasteiger partial charge in [0, 0.05) is 38.2 Å². The maximum absolute atomic E-state index is 6.56. The molecule has 0 atom stereocenters. The topological polar surface area (TPSA) is 65.0 Å². The summed E-state index contributed by atoms with van der Waals surface area (Å²) < 4.78 is 12.5. The predicted molar refractivity (Wildman–Crippen MR) is 229 cm³/mol. The molecule has 244 valence electrons. The number of rotatable bonds is 5. The zero-order valence-electron chi connectivity index (χ0n) is 29.2. The lowest BCUT2D eigenvalue weighted by Gasteiger charge is -2.20. The normalized spacial score (nSPS) is 11.6. The molecule has 0 amide bonds. The maximum Gasteiger partial charge on any atom is 0.164 e. The lowest BCUT2D eigenvalue weighted by Crippen LogP contribution is -2.55. The van der Waals surface area contributed by atoms with E-state index in [1.165, 1.54) is 0 Å². The Labute approximate surface area is 322 Å². The second kappa shape index (κ2) is 12.8. The first kappa shape index (κ1) is 33.1. The highest BCUT2D eigenvalue weighted by Gasteiger charge is 2.21. The molecule has 0 unspecified atom stereocenters. The van der Waals surface area contributed by atoms with Gasteiger partial charge in [0.2, 0.25) is 0 Å². The van der Waals surface area contributed by atoms with Crippen molar-refractivity contribution >= 4 is 110 Å². The van der Waals surface area contributed by atoms with Gasteiger partial charge in [-0.2, -0.15) is 0 Å². The van der Waals surface area contributed by atoms with Crippen molar-refractivity contribution in [1.29, 1.82) is 0 Å². The third-order valence-corrected chi connectivity index (χ3v) is 10.3. The van der Waals surface area contributed by atoms with E-state index in [0.717, 1.165) is 71.7 Å². The highest BCUT2D eigenvalue weighted by molar-refractivity contribution is 6.68. The van der Waals surface area contributed by atoms with Crippen LogP contribution in [0.25, 0.3) is 100 Å². The van der Waals surface area contributed by atoms with Crippen molar-refractivity contribution in [2.45, 2.75) is 0 Å². The summed E-state index contributed by atoms with van der Waals surface area (Å²) in [7, 11) is 31.9. The second-order valence-electron chi connectivity index (χ2n) is 13.5. The molecule has 0 N–H and O–H groups in total. The first-order valence-electron chi connectivity index (χ1n) is 17.6. The van der Waals surface area contributed by atoms with Crippen LogP contribution < -0.4 is 27.3 Å². The Bertz CT molecular complexity index is 3130. The summed E-state index contributed by atoms with van der Waals surface area (Å²) in [5.74, 6) is 0.982. The predicted octanol–water partition coefficient (Wildman–Crippen LogP) is 5.97. The SMILES string of the molecule is [B]c1c([B])c([B])c(-c2nc(-c3ccc(-c4ccccc4)cc3)nc(-c3cccc4oc5ccc(-c6ccc7oc8ccccc8c7c6)cc5c34)n2)c([B])c1[B]. The highest BCUT2D eigenvalue weighted by Crippen LogP contribution is 2.39. The van der Waals surface area contributed by atoms with Gasteiger partial charge in [-0.15, -0.1) is 16.4 Å². The molecule has 0 saturated heterocycles. The van der Waals surface area contributed by atoms with Crippen LogP contribution in [0.5, 0.6) is 0 Å². The zero-order valence-corrected chi connectivity index (χ0v) is 29.2. The molecule has 3 aromatic heterocycles. The number of hydrogen-bond donors (Lipinski definition) is 0. The van der Waals surface area contributed by atoms with Gasteiger partial charge in [0.15, 0.2) is 17.5 Å². The fourth-order valence-electron chi connectivity index (χ4n) is 7.37. The molecule has 10 aromatic rings. The average molecular weight is 691 g/mol. The summed E-state index contributed by atoms with van der Waals surface area (Å²) in [4.78, 5) is 14.9. The average Bonchev–Trinajstić information content (AvgIpc) is 3.80. The van der Waals surface area contributed by atoms with Crippen LogP contribution in [0.1, 0.15) is 0 Å². The lowest BCUT2D eigenvalue weighted by atomic mass is 9.60. The van der Waals surface area contributed by atoms with E-state index in [4.69, 9.17) is 63.0 Å². The molecule has 0 saturated carbocycles. The molecule has 55 heavy (non-hydrogen) atoms.